The molecule has 0 spiro atoms. The van der Waals surface area contributed by atoms with Crippen LogP contribution in [0.2, 0.25) is 5.02 Å². The topological polar surface area (TPSA) is 75.7 Å². The number of carboxylic acid groups (broad SMARTS) is 1. The zero-order chi connectivity index (χ0) is 17.5. The number of rotatable bonds is 7. The first-order chi connectivity index (χ1) is 11.5. The molecule has 0 saturated carbocycles. The van der Waals surface area contributed by atoms with Crippen molar-refractivity contribution in [2.75, 3.05) is 13.7 Å². The van der Waals surface area contributed by atoms with E-state index in [1.807, 2.05) is 0 Å². The number of carbonyl (C=O) groups excluding carboxylic acids is 2. The van der Waals surface area contributed by atoms with Crippen molar-refractivity contribution in [3.8, 4) is 11.5 Å². The highest BCUT2D eigenvalue weighted by Crippen LogP contribution is 2.28. The molecule has 0 saturated heterocycles. The highest BCUT2D eigenvalue weighted by Gasteiger charge is 2.07. The molecule has 124 valence electrons. The molecule has 0 aromatic heterocycles. The van der Waals surface area contributed by atoms with Gasteiger partial charge in [-0.1, -0.05) is 35.9 Å². The van der Waals surface area contributed by atoms with Crippen molar-refractivity contribution in [1.82, 2.24) is 0 Å². The second kappa shape index (κ2) is 8.17. The van der Waals surface area contributed by atoms with Crippen molar-refractivity contribution in [2.45, 2.75) is 0 Å². The second-order valence-corrected chi connectivity index (χ2v) is 5.16. The van der Waals surface area contributed by atoms with Crippen LogP contribution in [0.25, 0.3) is 6.08 Å². The molecule has 5 nitrogen and oxygen atoms in total. The van der Waals surface area contributed by atoms with Crippen molar-refractivity contribution < 1.29 is 24.2 Å². The smallest absolute Gasteiger partial charge is 0.187 e. The second-order valence-electron chi connectivity index (χ2n) is 4.75. The van der Waals surface area contributed by atoms with E-state index >= 15 is 0 Å². The third kappa shape index (κ3) is 4.60. The van der Waals surface area contributed by atoms with Gasteiger partial charge < -0.3 is 19.4 Å². The number of ether oxygens (including phenoxy) is 2. The standard InChI is InChI=1S/C18H15ClO5/c1-23-17-10-12(7-9-16(17)24-11-18(21)22)6-8-15(20)13-4-2-3-5-14(13)19/h2-10H,11H2,1H3,(H,21,22)/p-1/b8-6+. The molecule has 0 aliphatic rings. The number of aliphatic carboxylic acids is 1. The lowest BCUT2D eigenvalue weighted by Gasteiger charge is -2.11. The number of halogens is 1. The highest BCUT2D eigenvalue weighted by atomic mass is 35.5. The first kappa shape index (κ1) is 17.6. The molecular formula is C18H14ClO5-. The summed E-state index contributed by atoms with van der Waals surface area (Å²) < 4.78 is 10.2. The number of allylic oxidation sites excluding steroid dienone is 1. The number of ketones is 1. The summed E-state index contributed by atoms with van der Waals surface area (Å²) in [5, 5.41) is 10.8. The Morgan fingerprint density at radius 1 is 1.17 bits per heavy atom. The van der Waals surface area contributed by atoms with Crippen LogP contribution in [0.4, 0.5) is 0 Å². The van der Waals surface area contributed by atoms with Gasteiger partial charge in [0.1, 0.15) is 6.61 Å². The Hall–Kier alpha value is -2.79. The minimum atomic E-state index is -1.33. The zero-order valence-electron chi connectivity index (χ0n) is 12.8. The van der Waals surface area contributed by atoms with Crippen LogP contribution in [0.15, 0.2) is 48.5 Å². The monoisotopic (exact) mass is 345 g/mol. The van der Waals surface area contributed by atoms with Crippen LogP contribution in [-0.4, -0.2) is 25.5 Å². The van der Waals surface area contributed by atoms with E-state index in [0.717, 1.165) is 0 Å². The molecule has 0 bridgehead atoms. The van der Waals surface area contributed by atoms with Crippen LogP contribution in [-0.2, 0) is 4.79 Å². The van der Waals surface area contributed by atoms with Gasteiger partial charge in [-0.05, 0) is 35.9 Å². The minimum absolute atomic E-state index is 0.225. The molecule has 0 N–H and O–H groups in total. The highest BCUT2D eigenvalue weighted by molar-refractivity contribution is 6.34. The fraction of sp³-hybridized carbons (Fsp3) is 0.111. The van der Waals surface area contributed by atoms with Gasteiger partial charge in [0.25, 0.3) is 0 Å². The molecule has 0 amide bonds. The SMILES string of the molecule is COc1cc(/C=C/C(=O)c2ccccc2Cl)ccc1OCC(=O)[O-]. The Labute approximate surface area is 144 Å². The molecule has 2 rings (SSSR count). The quantitative estimate of drug-likeness (QED) is 0.569. The summed E-state index contributed by atoms with van der Waals surface area (Å²) in [5.74, 6) is -0.928. The van der Waals surface area contributed by atoms with Crippen molar-refractivity contribution in [2.24, 2.45) is 0 Å². The third-order valence-corrected chi connectivity index (χ3v) is 3.43. The molecule has 0 fully saturated rings. The van der Waals surface area contributed by atoms with E-state index in [1.165, 1.54) is 13.2 Å². The van der Waals surface area contributed by atoms with Crippen LogP contribution in [0.5, 0.6) is 11.5 Å². The molecule has 2 aromatic rings. The van der Waals surface area contributed by atoms with Gasteiger partial charge in [0.05, 0.1) is 18.1 Å². The summed E-state index contributed by atoms with van der Waals surface area (Å²) in [7, 11) is 1.43. The molecule has 0 radical (unpaired) electrons. The number of carboxylic acids is 1. The molecule has 0 atom stereocenters. The predicted molar refractivity (Wildman–Crippen MR) is 88.3 cm³/mol. The maximum atomic E-state index is 12.1. The Bertz CT molecular complexity index is 783. The number of hydrogen-bond donors (Lipinski definition) is 0. The Morgan fingerprint density at radius 2 is 1.92 bits per heavy atom. The van der Waals surface area contributed by atoms with E-state index in [2.05, 4.69) is 0 Å². The number of methoxy groups -OCH3 is 1. The summed E-state index contributed by atoms with van der Waals surface area (Å²) in [6.45, 7) is -0.573. The first-order valence-electron chi connectivity index (χ1n) is 6.99. The number of carbonyl (C=O) groups is 2. The lowest BCUT2D eigenvalue weighted by Crippen LogP contribution is -2.29. The van der Waals surface area contributed by atoms with Gasteiger partial charge in [0.15, 0.2) is 17.3 Å². The zero-order valence-corrected chi connectivity index (χ0v) is 13.6. The lowest BCUT2D eigenvalue weighted by molar-refractivity contribution is -0.307. The molecule has 0 aliphatic heterocycles. The van der Waals surface area contributed by atoms with E-state index in [-0.39, 0.29) is 11.5 Å². The molecule has 6 heteroatoms. The van der Waals surface area contributed by atoms with E-state index in [9.17, 15) is 14.7 Å². The summed E-state index contributed by atoms with van der Waals surface area (Å²) >= 11 is 5.99. The summed E-state index contributed by atoms with van der Waals surface area (Å²) in [6.07, 6.45) is 3.01. The minimum Gasteiger partial charge on any atom is -0.546 e. The Kier molecular flexibility index (Phi) is 5.98. The number of hydrogen-bond acceptors (Lipinski definition) is 5. The third-order valence-electron chi connectivity index (χ3n) is 3.10. The Balaban J connectivity index is 2.16. The van der Waals surface area contributed by atoms with Crippen molar-refractivity contribution in [1.29, 1.82) is 0 Å². The molecule has 0 aliphatic carbocycles. The fourth-order valence-electron chi connectivity index (χ4n) is 1.97. The van der Waals surface area contributed by atoms with Gasteiger partial charge in [-0.25, -0.2) is 0 Å². The average molecular weight is 346 g/mol. The maximum absolute atomic E-state index is 12.1. The van der Waals surface area contributed by atoms with Gasteiger partial charge >= 0.3 is 0 Å². The van der Waals surface area contributed by atoms with Gasteiger partial charge in [0, 0.05) is 5.56 Å². The average Bonchev–Trinajstić information content (AvgIpc) is 2.58. The maximum Gasteiger partial charge on any atom is 0.187 e. The van der Waals surface area contributed by atoms with Gasteiger partial charge in [0.2, 0.25) is 0 Å². The van der Waals surface area contributed by atoms with E-state index in [0.29, 0.717) is 21.9 Å². The fourth-order valence-corrected chi connectivity index (χ4v) is 2.20. The van der Waals surface area contributed by atoms with Gasteiger partial charge in [-0.3, -0.25) is 4.79 Å². The lowest BCUT2D eigenvalue weighted by atomic mass is 10.1. The summed E-state index contributed by atoms with van der Waals surface area (Å²) in [5.41, 5.74) is 1.10. The van der Waals surface area contributed by atoms with Crippen LogP contribution in [0.1, 0.15) is 15.9 Å². The van der Waals surface area contributed by atoms with Crippen LogP contribution < -0.4 is 14.6 Å². The van der Waals surface area contributed by atoms with Crippen LogP contribution in [0.3, 0.4) is 0 Å². The number of benzene rings is 2. The van der Waals surface area contributed by atoms with E-state index < -0.39 is 12.6 Å². The van der Waals surface area contributed by atoms with Crippen LogP contribution in [0, 0.1) is 0 Å². The van der Waals surface area contributed by atoms with Gasteiger partial charge in [-0.2, -0.15) is 0 Å². The summed E-state index contributed by atoms with van der Waals surface area (Å²) in [6, 6.07) is 11.6. The van der Waals surface area contributed by atoms with Crippen molar-refractivity contribution >= 4 is 29.4 Å². The predicted octanol–water partition coefficient (Wildman–Crippen LogP) is 2.37. The normalized spacial score (nSPS) is 10.6. The van der Waals surface area contributed by atoms with E-state index in [4.69, 9.17) is 21.1 Å². The molecular weight excluding hydrogens is 332 g/mol. The van der Waals surface area contributed by atoms with E-state index in [1.54, 1.807) is 48.5 Å². The summed E-state index contributed by atoms with van der Waals surface area (Å²) in [4.78, 5) is 22.6. The first-order valence-corrected chi connectivity index (χ1v) is 7.36. The molecule has 2 aromatic carbocycles. The van der Waals surface area contributed by atoms with Crippen LogP contribution >= 0.6 is 11.6 Å². The van der Waals surface area contributed by atoms with Gasteiger partial charge in [-0.15, -0.1) is 0 Å². The molecule has 24 heavy (non-hydrogen) atoms. The van der Waals surface area contributed by atoms with Crippen molar-refractivity contribution in [3.05, 3.63) is 64.7 Å². The largest absolute Gasteiger partial charge is 0.546 e. The Morgan fingerprint density at radius 3 is 2.58 bits per heavy atom. The molecule has 0 unspecified atom stereocenters. The molecule has 0 heterocycles. The van der Waals surface area contributed by atoms with Crippen molar-refractivity contribution in [3.63, 3.8) is 0 Å².